The summed E-state index contributed by atoms with van der Waals surface area (Å²) in [4.78, 5) is 22.2. The molecule has 3 amide bonds. The van der Waals surface area contributed by atoms with E-state index >= 15 is 0 Å². The van der Waals surface area contributed by atoms with Gasteiger partial charge in [-0.05, 0) is 32.0 Å². The molecule has 1 aromatic rings. The summed E-state index contributed by atoms with van der Waals surface area (Å²) < 4.78 is 10.8. The predicted molar refractivity (Wildman–Crippen MR) is 69.0 cm³/mol. The minimum atomic E-state index is -0.843. The van der Waals surface area contributed by atoms with Crippen molar-refractivity contribution in [1.82, 2.24) is 10.9 Å². The molecule has 0 radical (unpaired) electrons. The van der Waals surface area contributed by atoms with E-state index in [4.69, 9.17) is 15.2 Å². The van der Waals surface area contributed by atoms with E-state index in [1.165, 1.54) is 6.07 Å². The molecule has 0 heterocycles. The number of amides is 3. The van der Waals surface area contributed by atoms with E-state index in [9.17, 15) is 9.59 Å². The quantitative estimate of drug-likeness (QED) is 0.686. The van der Waals surface area contributed by atoms with Crippen molar-refractivity contribution in [1.29, 1.82) is 0 Å². The Bertz CT molecular complexity index is 462. The summed E-state index contributed by atoms with van der Waals surface area (Å²) in [6.07, 6.45) is 0. The van der Waals surface area contributed by atoms with Gasteiger partial charge in [0.2, 0.25) is 0 Å². The fraction of sp³-hybridized carbons (Fsp3) is 0.333. The lowest BCUT2D eigenvalue weighted by atomic mass is 10.2. The van der Waals surface area contributed by atoms with Crippen molar-refractivity contribution in [3.05, 3.63) is 23.8 Å². The molecule has 0 bridgehead atoms. The summed E-state index contributed by atoms with van der Waals surface area (Å²) in [5.74, 6) is 0.530. The van der Waals surface area contributed by atoms with E-state index in [1.807, 2.05) is 19.3 Å². The van der Waals surface area contributed by atoms with Crippen molar-refractivity contribution < 1.29 is 19.1 Å². The standard InChI is InChI=1S/C12H17N3O4/c1-3-18-9-6-5-8(7-10(9)19-4-2)11(16)14-15-12(13)17/h5-7H,3-4H2,1-2H3,(H,14,16)(H3,13,15,17). The van der Waals surface area contributed by atoms with Crippen LogP contribution in [0, 0.1) is 0 Å². The molecule has 0 saturated heterocycles. The summed E-state index contributed by atoms with van der Waals surface area (Å²) in [5.41, 5.74) is 9.33. The van der Waals surface area contributed by atoms with Crippen LogP contribution in [0.2, 0.25) is 0 Å². The lowest BCUT2D eigenvalue weighted by molar-refractivity contribution is 0.0937. The molecule has 0 aliphatic rings. The molecule has 1 aromatic carbocycles. The van der Waals surface area contributed by atoms with Crippen molar-refractivity contribution in [2.45, 2.75) is 13.8 Å². The molecule has 0 fully saturated rings. The number of carbonyl (C=O) groups is 2. The molecule has 0 unspecified atom stereocenters. The van der Waals surface area contributed by atoms with E-state index in [0.29, 0.717) is 30.3 Å². The van der Waals surface area contributed by atoms with Crippen molar-refractivity contribution in [3.63, 3.8) is 0 Å². The highest BCUT2D eigenvalue weighted by molar-refractivity contribution is 5.95. The van der Waals surface area contributed by atoms with Crippen LogP contribution in [-0.2, 0) is 0 Å². The number of hydrogen-bond donors (Lipinski definition) is 3. The summed E-state index contributed by atoms with van der Waals surface area (Å²) in [5, 5.41) is 0. The van der Waals surface area contributed by atoms with Crippen LogP contribution < -0.4 is 26.1 Å². The maximum atomic E-state index is 11.7. The van der Waals surface area contributed by atoms with Crippen LogP contribution in [-0.4, -0.2) is 25.2 Å². The van der Waals surface area contributed by atoms with Crippen LogP contribution in [0.15, 0.2) is 18.2 Å². The Labute approximate surface area is 111 Å². The molecule has 0 aliphatic heterocycles. The number of hydrazine groups is 1. The Morgan fingerprint density at radius 2 is 1.74 bits per heavy atom. The second kappa shape index (κ2) is 7.10. The van der Waals surface area contributed by atoms with Crippen molar-refractivity contribution in [2.24, 2.45) is 5.73 Å². The molecule has 19 heavy (non-hydrogen) atoms. The molecule has 0 aliphatic carbocycles. The normalized spacial score (nSPS) is 9.58. The second-order valence-electron chi connectivity index (χ2n) is 3.47. The fourth-order valence-electron chi connectivity index (χ4n) is 1.38. The van der Waals surface area contributed by atoms with Gasteiger partial charge < -0.3 is 15.2 Å². The van der Waals surface area contributed by atoms with Crippen molar-refractivity contribution >= 4 is 11.9 Å². The first kappa shape index (κ1) is 14.6. The third-order valence-electron chi connectivity index (χ3n) is 2.10. The predicted octanol–water partition coefficient (Wildman–Crippen LogP) is 0.797. The van der Waals surface area contributed by atoms with Crippen LogP contribution in [0.4, 0.5) is 4.79 Å². The number of nitrogens with two attached hydrogens (primary N) is 1. The summed E-state index contributed by atoms with van der Waals surface area (Å²) in [6, 6.07) is 3.88. The van der Waals surface area contributed by atoms with Gasteiger partial charge in [0.1, 0.15) is 0 Å². The Morgan fingerprint density at radius 3 is 2.32 bits per heavy atom. The van der Waals surface area contributed by atoms with Crippen molar-refractivity contribution in [2.75, 3.05) is 13.2 Å². The fourth-order valence-corrected chi connectivity index (χ4v) is 1.38. The maximum absolute atomic E-state index is 11.7. The van der Waals surface area contributed by atoms with Gasteiger partial charge in [0.05, 0.1) is 13.2 Å². The van der Waals surface area contributed by atoms with Crippen LogP contribution in [0.5, 0.6) is 11.5 Å². The smallest absolute Gasteiger partial charge is 0.330 e. The monoisotopic (exact) mass is 267 g/mol. The first-order valence-corrected chi connectivity index (χ1v) is 5.83. The number of hydrogen-bond acceptors (Lipinski definition) is 4. The Balaban J connectivity index is 2.87. The Kier molecular flexibility index (Phi) is 5.46. The minimum Gasteiger partial charge on any atom is -0.490 e. The molecule has 0 aromatic heterocycles. The first-order chi connectivity index (χ1) is 9.08. The van der Waals surface area contributed by atoms with E-state index in [-0.39, 0.29) is 0 Å². The second-order valence-corrected chi connectivity index (χ2v) is 3.47. The molecule has 1 rings (SSSR count). The average Bonchev–Trinajstić information content (AvgIpc) is 2.38. The highest BCUT2D eigenvalue weighted by Gasteiger charge is 2.11. The van der Waals surface area contributed by atoms with Gasteiger partial charge in [0.15, 0.2) is 11.5 Å². The van der Waals surface area contributed by atoms with E-state index in [1.54, 1.807) is 12.1 Å². The maximum Gasteiger partial charge on any atom is 0.330 e. The molecular weight excluding hydrogens is 250 g/mol. The summed E-state index contributed by atoms with van der Waals surface area (Å²) in [7, 11) is 0. The summed E-state index contributed by atoms with van der Waals surface area (Å²) in [6.45, 7) is 4.63. The molecule has 7 heteroatoms. The van der Waals surface area contributed by atoms with E-state index < -0.39 is 11.9 Å². The summed E-state index contributed by atoms with van der Waals surface area (Å²) >= 11 is 0. The zero-order valence-corrected chi connectivity index (χ0v) is 10.9. The molecule has 0 saturated carbocycles. The average molecular weight is 267 g/mol. The van der Waals surface area contributed by atoms with Gasteiger partial charge in [0, 0.05) is 5.56 Å². The highest BCUT2D eigenvalue weighted by Crippen LogP contribution is 2.28. The highest BCUT2D eigenvalue weighted by atomic mass is 16.5. The third-order valence-corrected chi connectivity index (χ3v) is 2.10. The van der Waals surface area contributed by atoms with Gasteiger partial charge in [-0.2, -0.15) is 0 Å². The zero-order chi connectivity index (χ0) is 14.3. The van der Waals surface area contributed by atoms with Crippen LogP contribution in [0.25, 0.3) is 0 Å². The number of benzene rings is 1. The number of nitrogens with one attached hydrogen (secondary N) is 2. The van der Waals surface area contributed by atoms with E-state index in [2.05, 4.69) is 5.43 Å². The van der Waals surface area contributed by atoms with E-state index in [0.717, 1.165) is 0 Å². The largest absolute Gasteiger partial charge is 0.490 e. The number of urea groups is 1. The van der Waals surface area contributed by atoms with Crippen LogP contribution in [0.1, 0.15) is 24.2 Å². The molecule has 7 nitrogen and oxygen atoms in total. The Hall–Kier alpha value is -2.44. The Morgan fingerprint density at radius 1 is 1.11 bits per heavy atom. The van der Waals surface area contributed by atoms with Crippen LogP contribution in [0.3, 0.4) is 0 Å². The van der Waals surface area contributed by atoms with Crippen LogP contribution >= 0.6 is 0 Å². The molecule has 0 atom stereocenters. The number of ether oxygens (including phenoxy) is 2. The van der Waals surface area contributed by atoms with Gasteiger partial charge in [-0.25, -0.2) is 10.2 Å². The minimum absolute atomic E-state index is 0.320. The van der Waals surface area contributed by atoms with Crippen molar-refractivity contribution in [3.8, 4) is 11.5 Å². The third kappa shape index (κ3) is 4.38. The number of primary amides is 1. The van der Waals surface area contributed by atoms with Gasteiger partial charge in [0.25, 0.3) is 5.91 Å². The topological polar surface area (TPSA) is 103 Å². The number of carbonyl (C=O) groups excluding carboxylic acids is 2. The first-order valence-electron chi connectivity index (χ1n) is 5.83. The zero-order valence-electron chi connectivity index (χ0n) is 10.9. The molecule has 4 N–H and O–H groups in total. The SMILES string of the molecule is CCOc1ccc(C(=O)NNC(N)=O)cc1OCC. The molecule has 0 spiro atoms. The van der Waals surface area contributed by atoms with Gasteiger partial charge in [-0.1, -0.05) is 0 Å². The van der Waals surface area contributed by atoms with Gasteiger partial charge in [-0.3, -0.25) is 10.2 Å². The molecule has 104 valence electrons. The lowest BCUT2D eigenvalue weighted by Gasteiger charge is -2.12. The number of rotatable bonds is 5. The lowest BCUT2D eigenvalue weighted by Crippen LogP contribution is -2.44. The van der Waals surface area contributed by atoms with Gasteiger partial charge >= 0.3 is 6.03 Å². The molecular formula is C12H17N3O4. The van der Waals surface area contributed by atoms with Gasteiger partial charge in [-0.15, -0.1) is 0 Å².